The van der Waals surface area contributed by atoms with Gasteiger partial charge in [-0.3, -0.25) is 4.79 Å². The van der Waals surface area contributed by atoms with Gasteiger partial charge in [-0.25, -0.2) is 0 Å². The van der Waals surface area contributed by atoms with E-state index in [4.69, 9.17) is 5.11 Å². The van der Waals surface area contributed by atoms with Crippen molar-refractivity contribution in [3.8, 4) is 0 Å². The van der Waals surface area contributed by atoms with E-state index in [-0.39, 0.29) is 5.41 Å². The molecule has 0 bridgehead atoms. The van der Waals surface area contributed by atoms with Crippen molar-refractivity contribution in [1.82, 2.24) is 5.32 Å². The second-order valence-electron chi connectivity index (χ2n) is 3.33. The molecule has 0 spiro atoms. The van der Waals surface area contributed by atoms with E-state index in [9.17, 15) is 4.79 Å². The first-order valence-corrected chi connectivity index (χ1v) is 3.70. The molecular formula is C7H11NO2. The fraction of sp³-hybridized carbons (Fsp3) is 0.857. The number of carbonyl (C=O) groups is 1. The molecule has 56 valence electrons. The summed E-state index contributed by atoms with van der Waals surface area (Å²) in [6, 6.07) is 0. The summed E-state index contributed by atoms with van der Waals surface area (Å²) in [6.07, 6.45) is 1.95. The van der Waals surface area contributed by atoms with Crippen LogP contribution in [0.25, 0.3) is 0 Å². The molecule has 2 aliphatic rings. The smallest absolute Gasteiger partial charge is 0.311 e. The first-order chi connectivity index (χ1) is 4.76. The molecule has 1 saturated heterocycles. The highest BCUT2D eigenvalue weighted by Gasteiger charge is 2.60. The third-order valence-corrected chi connectivity index (χ3v) is 2.77. The summed E-state index contributed by atoms with van der Waals surface area (Å²) in [5, 5.41) is 11.9. The van der Waals surface area contributed by atoms with E-state index in [0.717, 1.165) is 19.4 Å². The average Bonchev–Trinajstić information content (AvgIpc) is 2.61. The largest absolute Gasteiger partial charge is 0.481 e. The Kier molecular flexibility index (Phi) is 1.06. The zero-order valence-corrected chi connectivity index (χ0v) is 5.76. The summed E-state index contributed by atoms with van der Waals surface area (Å²) in [7, 11) is 0. The van der Waals surface area contributed by atoms with E-state index in [0.29, 0.717) is 12.5 Å². The Bertz CT molecular complexity index is 180. The molecule has 2 rings (SSSR count). The Hall–Kier alpha value is -0.570. The standard InChI is InChI=1S/C7H11NO2/c9-6(10)7-3-5(7)1-2-8-4-7/h5,8H,1-4H2,(H,9,10)/t5-,7-/m1/s1. The normalized spacial score (nSPS) is 44.2. The fourth-order valence-corrected chi connectivity index (χ4v) is 1.90. The summed E-state index contributed by atoms with van der Waals surface area (Å²) in [4.78, 5) is 10.7. The van der Waals surface area contributed by atoms with Crippen LogP contribution in [0.5, 0.6) is 0 Å². The van der Waals surface area contributed by atoms with Gasteiger partial charge in [0.25, 0.3) is 0 Å². The van der Waals surface area contributed by atoms with Crippen LogP contribution in [0.4, 0.5) is 0 Å². The molecule has 3 nitrogen and oxygen atoms in total. The van der Waals surface area contributed by atoms with Crippen LogP contribution >= 0.6 is 0 Å². The number of carboxylic acid groups (broad SMARTS) is 1. The molecule has 1 saturated carbocycles. The summed E-state index contributed by atoms with van der Waals surface area (Å²) in [5.41, 5.74) is -0.349. The van der Waals surface area contributed by atoms with Crippen LogP contribution in [0.3, 0.4) is 0 Å². The molecule has 2 N–H and O–H groups in total. The number of aliphatic carboxylic acids is 1. The number of nitrogens with one attached hydrogen (secondary N) is 1. The van der Waals surface area contributed by atoms with Crippen LogP contribution in [0.1, 0.15) is 12.8 Å². The second-order valence-corrected chi connectivity index (χ2v) is 3.33. The number of carboxylic acids is 1. The fourth-order valence-electron chi connectivity index (χ4n) is 1.90. The maximum absolute atomic E-state index is 10.7. The summed E-state index contributed by atoms with van der Waals surface area (Å²) >= 11 is 0. The lowest BCUT2D eigenvalue weighted by atomic mass is 9.99. The highest BCUT2D eigenvalue weighted by atomic mass is 16.4. The van der Waals surface area contributed by atoms with Crippen molar-refractivity contribution >= 4 is 5.97 Å². The van der Waals surface area contributed by atoms with E-state index < -0.39 is 5.97 Å². The van der Waals surface area contributed by atoms with Crippen molar-refractivity contribution in [2.45, 2.75) is 12.8 Å². The summed E-state index contributed by atoms with van der Waals surface area (Å²) in [6.45, 7) is 1.69. The first kappa shape index (κ1) is 6.16. The van der Waals surface area contributed by atoms with Crippen molar-refractivity contribution in [3.63, 3.8) is 0 Å². The van der Waals surface area contributed by atoms with E-state index in [2.05, 4.69) is 5.32 Å². The Labute approximate surface area is 59.4 Å². The van der Waals surface area contributed by atoms with Crippen LogP contribution < -0.4 is 5.32 Å². The molecule has 0 amide bonds. The van der Waals surface area contributed by atoms with Crippen molar-refractivity contribution in [1.29, 1.82) is 0 Å². The quantitative estimate of drug-likeness (QED) is 0.543. The third-order valence-electron chi connectivity index (χ3n) is 2.77. The lowest BCUT2D eigenvalue weighted by molar-refractivity contribution is -0.144. The molecule has 1 heterocycles. The Morgan fingerprint density at radius 2 is 2.50 bits per heavy atom. The molecule has 1 aliphatic carbocycles. The topological polar surface area (TPSA) is 49.3 Å². The van der Waals surface area contributed by atoms with Gasteiger partial charge in [0.1, 0.15) is 0 Å². The van der Waals surface area contributed by atoms with Gasteiger partial charge >= 0.3 is 5.97 Å². The lowest BCUT2D eigenvalue weighted by Crippen LogP contribution is -2.36. The van der Waals surface area contributed by atoms with Crippen LogP contribution in [-0.4, -0.2) is 24.2 Å². The van der Waals surface area contributed by atoms with Crippen molar-refractivity contribution in [2.75, 3.05) is 13.1 Å². The van der Waals surface area contributed by atoms with Gasteiger partial charge in [-0.15, -0.1) is 0 Å². The van der Waals surface area contributed by atoms with Gasteiger partial charge in [0.2, 0.25) is 0 Å². The number of fused-ring (bicyclic) bond motifs is 1. The molecule has 0 aromatic carbocycles. The van der Waals surface area contributed by atoms with Gasteiger partial charge in [0.05, 0.1) is 5.41 Å². The number of hydrogen-bond acceptors (Lipinski definition) is 2. The zero-order chi connectivity index (χ0) is 7.19. The average molecular weight is 141 g/mol. The monoisotopic (exact) mass is 141 g/mol. The van der Waals surface area contributed by atoms with E-state index >= 15 is 0 Å². The molecule has 0 aromatic heterocycles. The van der Waals surface area contributed by atoms with E-state index in [1.54, 1.807) is 0 Å². The molecule has 0 aromatic rings. The Morgan fingerprint density at radius 1 is 1.70 bits per heavy atom. The van der Waals surface area contributed by atoms with Crippen LogP contribution in [0, 0.1) is 11.3 Å². The summed E-state index contributed by atoms with van der Waals surface area (Å²) in [5.74, 6) is -0.129. The van der Waals surface area contributed by atoms with Gasteiger partial charge in [-0.05, 0) is 25.3 Å². The van der Waals surface area contributed by atoms with Gasteiger partial charge in [-0.1, -0.05) is 0 Å². The number of rotatable bonds is 1. The number of piperidine rings is 1. The molecule has 10 heavy (non-hydrogen) atoms. The molecule has 2 atom stereocenters. The Morgan fingerprint density at radius 3 is 3.00 bits per heavy atom. The number of hydrogen-bond donors (Lipinski definition) is 2. The SMILES string of the molecule is O=C(O)[C@]12CNCC[C@@H]1C2. The van der Waals surface area contributed by atoms with E-state index in [1.807, 2.05) is 0 Å². The van der Waals surface area contributed by atoms with Crippen LogP contribution in [0.2, 0.25) is 0 Å². The van der Waals surface area contributed by atoms with Gasteiger partial charge < -0.3 is 10.4 Å². The first-order valence-electron chi connectivity index (χ1n) is 3.70. The highest BCUT2D eigenvalue weighted by molar-refractivity contribution is 5.79. The minimum Gasteiger partial charge on any atom is -0.481 e. The molecule has 3 heteroatoms. The molecule has 0 radical (unpaired) electrons. The maximum Gasteiger partial charge on any atom is 0.311 e. The van der Waals surface area contributed by atoms with Crippen molar-refractivity contribution in [2.24, 2.45) is 11.3 Å². The minimum atomic E-state index is -0.607. The molecule has 0 unspecified atom stereocenters. The zero-order valence-electron chi connectivity index (χ0n) is 5.76. The predicted molar refractivity (Wildman–Crippen MR) is 35.7 cm³/mol. The van der Waals surface area contributed by atoms with Crippen LogP contribution in [0.15, 0.2) is 0 Å². The van der Waals surface area contributed by atoms with Gasteiger partial charge in [0.15, 0.2) is 0 Å². The van der Waals surface area contributed by atoms with Crippen LogP contribution in [-0.2, 0) is 4.79 Å². The summed E-state index contributed by atoms with van der Waals surface area (Å²) < 4.78 is 0. The minimum absolute atomic E-state index is 0.349. The molecular weight excluding hydrogens is 130 g/mol. The molecule has 2 fully saturated rings. The molecule has 1 aliphatic heterocycles. The third kappa shape index (κ3) is 0.611. The van der Waals surface area contributed by atoms with Gasteiger partial charge in [-0.2, -0.15) is 0 Å². The Balaban J connectivity index is 2.12. The van der Waals surface area contributed by atoms with Gasteiger partial charge in [0, 0.05) is 6.54 Å². The van der Waals surface area contributed by atoms with E-state index in [1.165, 1.54) is 0 Å². The van der Waals surface area contributed by atoms with Crippen molar-refractivity contribution in [3.05, 3.63) is 0 Å². The highest BCUT2D eigenvalue weighted by Crippen LogP contribution is 2.55. The lowest BCUT2D eigenvalue weighted by Gasteiger charge is -2.18. The second kappa shape index (κ2) is 1.72. The maximum atomic E-state index is 10.7. The predicted octanol–water partition coefficient (Wildman–Crippen LogP) is 0.0706. The van der Waals surface area contributed by atoms with Crippen molar-refractivity contribution < 1.29 is 9.90 Å².